The number of carbonyl (C=O) groups is 2. The molecule has 0 saturated carbocycles. The fraction of sp³-hybridized carbons (Fsp3) is 0.431. The number of carboxylic acid groups (broad SMARTS) is 1. The number of nitrogens with two attached hydrogens (primary N) is 1. The van der Waals surface area contributed by atoms with Crippen molar-refractivity contribution in [2.75, 3.05) is 39.4 Å². The van der Waals surface area contributed by atoms with E-state index < -0.39 is 58.4 Å². The SMILES string of the molecule is C.CC1CCCO1.CCOC(=O)C(C)(C)Oc1ccc2c(c1)CCN(Cc1sc(-c3ccc(C(F)(F)F)cc3)nc1C)CC2.Cc1nc(-c2ccc(C(F)(F)F)cc2)sc1CBr.Cc1nc(-c2ccc(C(F)(F)F)cc2)sc1CN1CCc2ccc(OC(C)(C)C(=O)O)cc2CC1.[NH-]N.[Na+].[OH-]. The van der Waals surface area contributed by atoms with Crippen LogP contribution in [0, 0.1) is 20.8 Å². The zero-order valence-corrected chi connectivity index (χ0v) is 63.3. The number of nitrogens with zero attached hydrogens (tertiary/aromatic N) is 5. The Bertz CT molecular complexity index is 3920. The Labute approximate surface area is 626 Å². The fourth-order valence-electron chi connectivity index (χ4n) is 10.5. The Hall–Kier alpha value is -5.86. The monoisotopic (exact) mass is 1540 g/mol. The summed E-state index contributed by atoms with van der Waals surface area (Å²) in [5.74, 6) is 8.77. The zero-order valence-electron chi connectivity index (χ0n) is 57.2. The molecular weight excluding hydrogens is 1460 g/mol. The van der Waals surface area contributed by atoms with Gasteiger partial charge in [-0.25, -0.2) is 24.5 Å². The first-order valence-electron chi connectivity index (χ1n) is 31.5. The summed E-state index contributed by atoms with van der Waals surface area (Å²) in [5, 5.41) is 12.2. The number of hydrogen-bond acceptors (Lipinski definition) is 16. The first-order chi connectivity index (χ1) is 46.2. The van der Waals surface area contributed by atoms with Crippen molar-refractivity contribution in [3.8, 4) is 43.2 Å². The number of aromatic nitrogens is 3. The summed E-state index contributed by atoms with van der Waals surface area (Å²) in [6.07, 6.45) is -6.52. The van der Waals surface area contributed by atoms with E-state index in [2.05, 4.69) is 59.5 Å². The van der Waals surface area contributed by atoms with E-state index >= 15 is 0 Å². The molecule has 1 fully saturated rings. The Morgan fingerprint density at radius 2 is 0.921 bits per heavy atom. The van der Waals surface area contributed by atoms with Crippen molar-refractivity contribution in [1.82, 2.24) is 24.8 Å². The number of aryl methyl sites for hydroxylation is 3. The van der Waals surface area contributed by atoms with E-state index in [4.69, 9.17) is 24.8 Å². The minimum atomic E-state index is -4.35. The third-order valence-corrected chi connectivity index (χ3v) is 20.8. The molecule has 6 heterocycles. The summed E-state index contributed by atoms with van der Waals surface area (Å²) in [4.78, 5) is 45.2. The standard InChI is InChI=1S/C28H31F3N2O3S.C26H27F3N2O3S.C12H9BrF3NS.C5H10O.CH4.H3N2.Na.H2O/c1-5-35-26(34)27(3,4)36-23-11-8-19-12-14-33(15-13-21(19)16-23)17-24-18(2)32-25(37-24)20-6-9-22(10-7-20)28(29,30)31;1-16-22(35-23(30-16)18-4-7-20(8-5-18)26(27,28)29)15-31-12-10-17-6-9-21(14-19(17)11-13-31)34-25(2,3)24(32)33;1-7-10(6-13)18-11(17-7)8-2-4-9(5-3-8)12(14,15)16;1-5-3-2-4-6-5;;1-2;;/h6-11,16H,5,12-15,17H2,1-4H3;4-9,14H,10-13,15H2,1-3H3,(H,32,33);2-5H,6H2,1H3;5H,2-4H2,1H3;1H4;1H,2H2;;1H2/q;;;;;-1;+1;/p-1. The second-order valence-electron chi connectivity index (χ2n) is 24.4. The smallest absolute Gasteiger partial charge is 0.870 e. The Morgan fingerprint density at radius 1 is 0.584 bits per heavy atom. The molecule has 3 aromatic heterocycles. The molecule has 0 spiro atoms. The van der Waals surface area contributed by atoms with E-state index in [9.17, 15) is 54.2 Å². The van der Waals surface area contributed by atoms with E-state index in [0.29, 0.717) is 57.8 Å². The van der Waals surface area contributed by atoms with Crippen molar-refractivity contribution in [2.24, 2.45) is 5.84 Å². The summed E-state index contributed by atoms with van der Waals surface area (Å²) in [5.41, 5.74) is 5.26. The van der Waals surface area contributed by atoms with Crippen molar-refractivity contribution in [3.63, 3.8) is 0 Å². The molecule has 0 radical (unpaired) electrons. The number of ether oxygens (including phenoxy) is 4. The molecule has 546 valence electrons. The quantitative estimate of drug-likeness (QED) is 0.0244. The van der Waals surface area contributed by atoms with Crippen LogP contribution in [-0.4, -0.2) is 104 Å². The van der Waals surface area contributed by atoms with Gasteiger partial charge in [-0.3, -0.25) is 9.80 Å². The maximum absolute atomic E-state index is 12.9. The number of fused-ring (bicyclic) bond motifs is 2. The summed E-state index contributed by atoms with van der Waals surface area (Å²) >= 11 is 7.88. The van der Waals surface area contributed by atoms with Gasteiger partial charge in [0.2, 0.25) is 0 Å². The van der Waals surface area contributed by atoms with Crippen LogP contribution < -0.4 is 44.9 Å². The molecule has 29 heteroatoms. The van der Waals surface area contributed by atoms with Crippen LogP contribution in [0.5, 0.6) is 11.5 Å². The molecular formula is C72H85BrF9N7NaO8S3-. The van der Waals surface area contributed by atoms with Gasteiger partial charge >= 0.3 is 60.0 Å². The van der Waals surface area contributed by atoms with Gasteiger partial charge in [-0.05, 0) is 184 Å². The van der Waals surface area contributed by atoms with Crippen LogP contribution in [0.1, 0.15) is 132 Å². The van der Waals surface area contributed by atoms with Gasteiger partial charge in [0.1, 0.15) is 26.5 Å². The van der Waals surface area contributed by atoms with Gasteiger partial charge in [-0.1, -0.05) is 71.9 Å². The van der Waals surface area contributed by atoms with Crippen LogP contribution >= 0.6 is 49.9 Å². The largest absolute Gasteiger partial charge is 1.00 e. The second-order valence-corrected chi connectivity index (χ2v) is 28.2. The molecule has 0 bridgehead atoms. The molecule has 3 aliphatic heterocycles. The second kappa shape index (κ2) is 38.8. The summed E-state index contributed by atoms with van der Waals surface area (Å²) in [7, 11) is 0. The molecule has 1 unspecified atom stereocenters. The molecule has 0 aliphatic carbocycles. The molecule has 5 N–H and O–H groups in total. The van der Waals surface area contributed by atoms with Gasteiger partial charge in [0.25, 0.3) is 0 Å². The van der Waals surface area contributed by atoms with Crippen LogP contribution in [0.25, 0.3) is 37.6 Å². The average Bonchev–Trinajstić information content (AvgIpc) is 1.77. The first kappa shape index (κ1) is 87.5. The van der Waals surface area contributed by atoms with Gasteiger partial charge in [-0.15, -0.1) is 34.0 Å². The van der Waals surface area contributed by atoms with E-state index in [1.807, 2.05) is 51.1 Å². The number of aliphatic carboxylic acids is 1. The molecule has 1 saturated heterocycles. The molecule has 101 heavy (non-hydrogen) atoms. The number of alkyl halides is 10. The van der Waals surface area contributed by atoms with E-state index in [-0.39, 0.29) is 42.5 Å². The molecule has 8 aromatic rings. The minimum Gasteiger partial charge on any atom is -0.870 e. The van der Waals surface area contributed by atoms with Crippen LogP contribution in [0.4, 0.5) is 39.5 Å². The normalized spacial score (nSPS) is 14.8. The van der Waals surface area contributed by atoms with Gasteiger partial charge in [0.15, 0.2) is 11.2 Å². The number of halogens is 10. The van der Waals surface area contributed by atoms with Gasteiger partial charge in [0.05, 0.1) is 46.5 Å². The number of hydrogen-bond donors (Lipinski definition) is 2. The van der Waals surface area contributed by atoms with Crippen molar-refractivity contribution >= 4 is 61.9 Å². The van der Waals surface area contributed by atoms with E-state index in [1.165, 1.54) is 114 Å². The van der Waals surface area contributed by atoms with Crippen LogP contribution in [0.15, 0.2) is 109 Å². The predicted octanol–water partition coefficient (Wildman–Crippen LogP) is 16.0. The van der Waals surface area contributed by atoms with Crippen molar-refractivity contribution in [2.45, 2.75) is 163 Å². The fourth-order valence-corrected chi connectivity index (χ4v) is 14.4. The van der Waals surface area contributed by atoms with Gasteiger partial charge in [0, 0.05) is 82.5 Å². The first-order valence-corrected chi connectivity index (χ1v) is 35.1. The minimum absolute atomic E-state index is 0. The predicted molar refractivity (Wildman–Crippen MR) is 378 cm³/mol. The Balaban J connectivity index is 0.000000313. The zero-order chi connectivity index (χ0) is 71.9. The topological polar surface area (TPSA) is 216 Å². The van der Waals surface area contributed by atoms with Crippen LogP contribution in [-0.2, 0) is 81.7 Å². The van der Waals surface area contributed by atoms with E-state index in [0.717, 1.165) is 149 Å². The number of nitrogens with one attached hydrogen (secondary N) is 1. The average molecular weight is 1550 g/mol. The molecule has 11 rings (SSSR count). The number of esters is 1. The van der Waals surface area contributed by atoms with Crippen LogP contribution in [0.3, 0.4) is 0 Å². The van der Waals surface area contributed by atoms with Crippen molar-refractivity contribution in [1.29, 1.82) is 0 Å². The molecule has 0 amide bonds. The Morgan fingerprint density at radius 3 is 1.21 bits per heavy atom. The molecule has 1 atom stereocenters. The molecule has 3 aliphatic rings. The number of benzene rings is 5. The summed E-state index contributed by atoms with van der Waals surface area (Å²) in [6, 6.07) is 27.1. The van der Waals surface area contributed by atoms with Crippen molar-refractivity contribution < 1.29 is 108 Å². The number of carbonyl (C=O) groups excluding carboxylic acids is 1. The van der Waals surface area contributed by atoms with Crippen LogP contribution in [0.2, 0.25) is 0 Å². The van der Waals surface area contributed by atoms with E-state index in [1.54, 1.807) is 20.8 Å². The third kappa shape index (κ3) is 25.2. The van der Waals surface area contributed by atoms with Gasteiger partial charge < -0.3 is 41.2 Å². The number of rotatable bonds is 15. The molecule has 5 aromatic carbocycles. The number of carboxylic acids is 1. The van der Waals surface area contributed by atoms with Gasteiger partial charge in [-0.2, -0.15) is 39.5 Å². The number of thiazole rings is 3. The third-order valence-electron chi connectivity index (χ3n) is 16.2. The van der Waals surface area contributed by atoms with Crippen molar-refractivity contribution in [3.05, 3.63) is 186 Å². The summed E-state index contributed by atoms with van der Waals surface area (Å²) in [6.45, 7) is 22.3. The molecule has 15 nitrogen and oxygen atoms in total. The maximum Gasteiger partial charge on any atom is 1.00 e. The summed E-state index contributed by atoms with van der Waals surface area (Å²) < 4.78 is 136. The Kier molecular flexibility index (Phi) is 33.6. The maximum atomic E-state index is 12.9.